The zero-order chi connectivity index (χ0) is 13.8. The normalized spacial score (nSPS) is 16.7. The molecule has 0 radical (unpaired) electrons. The first-order valence-corrected chi connectivity index (χ1v) is 6.54. The van der Waals surface area contributed by atoms with Crippen LogP contribution in [0.25, 0.3) is 0 Å². The van der Waals surface area contributed by atoms with Crippen molar-refractivity contribution in [3.8, 4) is 5.75 Å². The third-order valence-corrected chi connectivity index (χ3v) is 3.17. The second kappa shape index (κ2) is 5.93. The number of carbonyl (C=O) groups is 1. The molecule has 104 valence electrons. The molecular formula is C14H20N2O3. The smallest absolute Gasteiger partial charge is 0.320 e. The van der Waals surface area contributed by atoms with E-state index < -0.39 is 12.0 Å². The lowest BCUT2D eigenvalue weighted by Crippen LogP contribution is -2.40. The van der Waals surface area contributed by atoms with Crippen molar-refractivity contribution in [2.24, 2.45) is 0 Å². The first kappa shape index (κ1) is 13.7. The predicted molar refractivity (Wildman–Crippen MR) is 73.8 cm³/mol. The van der Waals surface area contributed by atoms with Gasteiger partial charge in [0.15, 0.2) is 0 Å². The fourth-order valence-corrected chi connectivity index (χ4v) is 2.23. The van der Waals surface area contributed by atoms with E-state index in [-0.39, 0.29) is 6.04 Å². The Hall–Kier alpha value is -1.75. The number of aliphatic carboxylic acids is 1. The first-order chi connectivity index (χ1) is 9.06. The Morgan fingerprint density at radius 2 is 2.32 bits per heavy atom. The molecule has 1 aromatic rings. The van der Waals surface area contributed by atoms with Crippen LogP contribution in [-0.2, 0) is 11.2 Å². The molecule has 2 atom stereocenters. The Kier molecular flexibility index (Phi) is 4.27. The van der Waals surface area contributed by atoms with Crippen molar-refractivity contribution in [1.29, 1.82) is 0 Å². The van der Waals surface area contributed by atoms with Crippen LogP contribution < -0.4 is 15.4 Å². The summed E-state index contributed by atoms with van der Waals surface area (Å²) in [6.45, 7) is 5.16. The maximum atomic E-state index is 10.8. The summed E-state index contributed by atoms with van der Waals surface area (Å²) in [7, 11) is 0. The molecule has 0 fully saturated rings. The highest BCUT2D eigenvalue weighted by Crippen LogP contribution is 2.28. The minimum atomic E-state index is -0.827. The van der Waals surface area contributed by atoms with Gasteiger partial charge in [-0.1, -0.05) is 6.07 Å². The molecule has 0 saturated heterocycles. The van der Waals surface area contributed by atoms with Gasteiger partial charge in [-0.25, -0.2) is 0 Å². The van der Waals surface area contributed by atoms with Crippen molar-refractivity contribution in [3.63, 3.8) is 0 Å². The lowest BCUT2D eigenvalue weighted by Gasteiger charge is -2.21. The summed E-state index contributed by atoms with van der Waals surface area (Å²) in [6, 6.07) is 5.63. The van der Waals surface area contributed by atoms with E-state index in [2.05, 4.69) is 16.7 Å². The summed E-state index contributed by atoms with van der Waals surface area (Å²) in [5.74, 6) is 0.0573. The molecule has 5 nitrogen and oxygen atoms in total. The van der Waals surface area contributed by atoms with E-state index in [0.29, 0.717) is 6.61 Å². The molecule has 0 spiro atoms. The number of hydrogen-bond donors (Lipinski definition) is 3. The third-order valence-electron chi connectivity index (χ3n) is 3.17. The molecule has 1 aromatic carbocycles. The SMILES string of the molecule is CC(Cc1ccc2c(c1)NCCO2)NC(C)C(=O)O. The number of carboxylic acids is 1. The number of carboxylic acid groups (broad SMARTS) is 1. The number of hydrogen-bond acceptors (Lipinski definition) is 4. The highest BCUT2D eigenvalue weighted by molar-refractivity contribution is 5.72. The van der Waals surface area contributed by atoms with Gasteiger partial charge in [0.25, 0.3) is 0 Å². The quantitative estimate of drug-likeness (QED) is 0.751. The van der Waals surface area contributed by atoms with E-state index in [9.17, 15) is 4.79 Å². The summed E-state index contributed by atoms with van der Waals surface area (Å²) in [5, 5.41) is 15.2. The molecular weight excluding hydrogens is 244 g/mol. The molecule has 3 N–H and O–H groups in total. The fraction of sp³-hybridized carbons (Fsp3) is 0.500. The van der Waals surface area contributed by atoms with Gasteiger partial charge in [0.05, 0.1) is 5.69 Å². The van der Waals surface area contributed by atoms with E-state index in [1.807, 2.05) is 19.1 Å². The molecule has 5 heteroatoms. The topological polar surface area (TPSA) is 70.6 Å². The minimum Gasteiger partial charge on any atom is -0.490 e. The van der Waals surface area contributed by atoms with Gasteiger partial charge in [-0.3, -0.25) is 4.79 Å². The Balaban J connectivity index is 1.97. The van der Waals surface area contributed by atoms with Crippen molar-refractivity contribution in [1.82, 2.24) is 5.32 Å². The zero-order valence-corrected chi connectivity index (χ0v) is 11.3. The molecule has 1 aliphatic rings. The Bertz CT molecular complexity index is 462. The van der Waals surface area contributed by atoms with Gasteiger partial charge in [0, 0.05) is 12.6 Å². The van der Waals surface area contributed by atoms with Crippen LogP contribution in [0.5, 0.6) is 5.75 Å². The molecule has 1 aliphatic heterocycles. The molecule has 1 heterocycles. The standard InChI is InChI=1S/C14H20N2O3/c1-9(16-10(2)14(17)18)7-11-3-4-13-12(8-11)15-5-6-19-13/h3-4,8-10,15-16H,5-7H2,1-2H3,(H,17,18). The van der Waals surface area contributed by atoms with Gasteiger partial charge >= 0.3 is 5.97 Å². The zero-order valence-electron chi connectivity index (χ0n) is 11.3. The molecule has 0 bridgehead atoms. The van der Waals surface area contributed by atoms with Gasteiger partial charge in [-0.05, 0) is 38.0 Å². The predicted octanol–water partition coefficient (Wildman–Crippen LogP) is 1.48. The van der Waals surface area contributed by atoms with Crippen LogP contribution in [0.2, 0.25) is 0 Å². The number of fused-ring (bicyclic) bond motifs is 1. The first-order valence-electron chi connectivity index (χ1n) is 6.54. The van der Waals surface area contributed by atoms with E-state index in [1.165, 1.54) is 0 Å². The second-order valence-electron chi connectivity index (χ2n) is 4.94. The second-order valence-corrected chi connectivity index (χ2v) is 4.94. The molecule has 19 heavy (non-hydrogen) atoms. The van der Waals surface area contributed by atoms with Crippen LogP contribution in [0.3, 0.4) is 0 Å². The van der Waals surface area contributed by atoms with E-state index in [1.54, 1.807) is 6.92 Å². The molecule has 0 aliphatic carbocycles. The van der Waals surface area contributed by atoms with Gasteiger partial charge in [0.1, 0.15) is 18.4 Å². The van der Waals surface area contributed by atoms with Crippen LogP contribution >= 0.6 is 0 Å². The van der Waals surface area contributed by atoms with E-state index in [0.717, 1.165) is 30.0 Å². The average molecular weight is 264 g/mol. The molecule has 0 amide bonds. The lowest BCUT2D eigenvalue weighted by atomic mass is 10.0. The summed E-state index contributed by atoms with van der Waals surface area (Å²) < 4.78 is 5.52. The number of anilines is 1. The maximum absolute atomic E-state index is 10.8. The number of rotatable bonds is 5. The van der Waals surface area contributed by atoms with Crippen molar-refractivity contribution in [2.75, 3.05) is 18.5 Å². The molecule has 2 unspecified atom stereocenters. The minimum absolute atomic E-state index is 0.105. The highest BCUT2D eigenvalue weighted by Gasteiger charge is 2.15. The van der Waals surface area contributed by atoms with Gasteiger partial charge in [-0.2, -0.15) is 0 Å². The van der Waals surface area contributed by atoms with Crippen LogP contribution in [-0.4, -0.2) is 36.3 Å². The Labute approximate surface area is 113 Å². The number of benzene rings is 1. The maximum Gasteiger partial charge on any atom is 0.320 e. The van der Waals surface area contributed by atoms with Crippen LogP contribution in [0, 0.1) is 0 Å². The van der Waals surface area contributed by atoms with Crippen molar-refractivity contribution >= 4 is 11.7 Å². The molecule has 2 rings (SSSR count). The van der Waals surface area contributed by atoms with Crippen LogP contribution in [0.1, 0.15) is 19.4 Å². The Morgan fingerprint density at radius 3 is 3.05 bits per heavy atom. The lowest BCUT2D eigenvalue weighted by molar-refractivity contribution is -0.139. The summed E-state index contributed by atoms with van der Waals surface area (Å²) >= 11 is 0. The highest BCUT2D eigenvalue weighted by atomic mass is 16.5. The van der Waals surface area contributed by atoms with Gasteiger partial charge in [0.2, 0.25) is 0 Å². The average Bonchev–Trinajstić information content (AvgIpc) is 2.38. The van der Waals surface area contributed by atoms with E-state index >= 15 is 0 Å². The van der Waals surface area contributed by atoms with Gasteiger partial charge < -0.3 is 20.5 Å². The summed E-state index contributed by atoms with van der Waals surface area (Å²) in [5.41, 5.74) is 2.18. The van der Waals surface area contributed by atoms with Crippen molar-refractivity contribution < 1.29 is 14.6 Å². The van der Waals surface area contributed by atoms with Crippen LogP contribution in [0.15, 0.2) is 18.2 Å². The molecule has 0 saturated carbocycles. The summed E-state index contributed by atoms with van der Waals surface area (Å²) in [4.78, 5) is 10.8. The third kappa shape index (κ3) is 3.61. The van der Waals surface area contributed by atoms with Crippen molar-refractivity contribution in [3.05, 3.63) is 23.8 Å². The van der Waals surface area contributed by atoms with E-state index in [4.69, 9.17) is 9.84 Å². The van der Waals surface area contributed by atoms with Crippen molar-refractivity contribution in [2.45, 2.75) is 32.4 Å². The number of nitrogens with one attached hydrogen (secondary N) is 2. The van der Waals surface area contributed by atoms with Crippen LogP contribution in [0.4, 0.5) is 5.69 Å². The Morgan fingerprint density at radius 1 is 1.53 bits per heavy atom. The number of ether oxygens (including phenoxy) is 1. The molecule has 0 aromatic heterocycles. The van der Waals surface area contributed by atoms with Gasteiger partial charge in [-0.15, -0.1) is 0 Å². The largest absolute Gasteiger partial charge is 0.490 e. The summed E-state index contributed by atoms with van der Waals surface area (Å²) in [6.07, 6.45) is 0.784. The fourth-order valence-electron chi connectivity index (χ4n) is 2.23. The monoisotopic (exact) mass is 264 g/mol.